The first-order chi connectivity index (χ1) is 6.57. The van der Waals surface area contributed by atoms with E-state index in [0.29, 0.717) is 17.9 Å². The van der Waals surface area contributed by atoms with Gasteiger partial charge in [-0.3, -0.25) is 0 Å². The molecular weight excluding hydrogens is 183 g/mol. The molecule has 1 heterocycles. The van der Waals surface area contributed by atoms with E-state index in [1.807, 2.05) is 6.92 Å². The van der Waals surface area contributed by atoms with Crippen molar-refractivity contribution >= 4 is 0 Å². The van der Waals surface area contributed by atoms with Crippen LogP contribution in [0.15, 0.2) is 12.1 Å². The number of hydrogen-bond acceptors (Lipinski definition) is 2. The third kappa shape index (κ3) is 1.38. The van der Waals surface area contributed by atoms with E-state index in [-0.39, 0.29) is 11.4 Å². The van der Waals surface area contributed by atoms with Crippen molar-refractivity contribution < 1.29 is 13.9 Å². The van der Waals surface area contributed by atoms with Gasteiger partial charge in [0.2, 0.25) is 0 Å². The second-order valence-electron chi connectivity index (χ2n) is 3.82. The molecule has 2 rings (SSSR count). The lowest BCUT2D eigenvalue weighted by Gasteiger charge is -2.12. The van der Waals surface area contributed by atoms with E-state index in [9.17, 15) is 4.39 Å². The highest BCUT2D eigenvalue weighted by atomic mass is 19.1. The fourth-order valence-electron chi connectivity index (χ4n) is 1.50. The lowest BCUT2D eigenvalue weighted by Crippen LogP contribution is -2.06. The van der Waals surface area contributed by atoms with E-state index in [0.717, 1.165) is 5.56 Å². The van der Waals surface area contributed by atoms with Crippen molar-refractivity contribution in [1.29, 1.82) is 0 Å². The summed E-state index contributed by atoms with van der Waals surface area (Å²) in [6.07, 6.45) is 0. The highest BCUT2D eigenvalue weighted by Gasteiger charge is 2.43. The van der Waals surface area contributed by atoms with Gasteiger partial charge in [-0.2, -0.15) is 0 Å². The topological polar surface area (TPSA) is 21.8 Å². The van der Waals surface area contributed by atoms with Crippen molar-refractivity contribution in [3.05, 3.63) is 29.1 Å². The van der Waals surface area contributed by atoms with Crippen LogP contribution in [0, 0.1) is 12.7 Å². The van der Waals surface area contributed by atoms with Crippen LogP contribution in [0.4, 0.5) is 4.39 Å². The summed E-state index contributed by atoms with van der Waals surface area (Å²) >= 11 is 0. The smallest absolute Gasteiger partial charge is 0.126 e. The summed E-state index contributed by atoms with van der Waals surface area (Å²) in [6.45, 7) is 4.28. The first kappa shape index (κ1) is 9.46. The first-order valence-corrected chi connectivity index (χ1v) is 4.55. The predicted molar refractivity (Wildman–Crippen MR) is 51.0 cm³/mol. The predicted octanol–water partition coefficient (Wildman–Crippen LogP) is 2.39. The molecule has 0 amide bonds. The van der Waals surface area contributed by atoms with Gasteiger partial charge in [0.1, 0.15) is 17.2 Å². The molecule has 2 nitrogen and oxygen atoms in total. The Morgan fingerprint density at radius 3 is 2.64 bits per heavy atom. The van der Waals surface area contributed by atoms with Crippen LogP contribution >= 0.6 is 0 Å². The molecule has 1 aromatic rings. The Morgan fingerprint density at radius 1 is 1.50 bits per heavy atom. The molecule has 1 saturated heterocycles. The zero-order chi connectivity index (χ0) is 10.3. The molecule has 0 aromatic heterocycles. The maximum absolute atomic E-state index is 13.3. The molecule has 1 fully saturated rings. The van der Waals surface area contributed by atoms with Gasteiger partial charge >= 0.3 is 0 Å². The molecule has 0 radical (unpaired) electrons. The summed E-state index contributed by atoms with van der Waals surface area (Å²) in [4.78, 5) is 0. The van der Waals surface area contributed by atoms with E-state index in [1.165, 1.54) is 6.07 Å². The summed E-state index contributed by atoms with van der Waals surface area (Å²) in [7, 11) is 1.59. The molecule has 1 aliphatic rings. The Labute approximate surface area is 82.6 Å². The van der Waals surface area contributed by atoms with Crippen LogP contribution in [0.3, 0.4) is 0 Å². The average molecular weight is 196 g/mol. The second-order valence-corrected chi connectivity index (χ2v) is 3.82. The van der Waals surface area contributed by atoms with Crippen molar-refractivity contribution in [3.8, 4) is 5.75 Å². The van der Waals surface area contributed by atoms with Crippen LogP contribution in [0.25, 0.3) is 0 Å². The minimum Gasteiger partial charge on any atom is -0.496 e. The van der Waals surface area contributed by atoms with Crippen molar-refractivity contribution in [1.82, 2.24) is 0 Å². The van der Waals surface area contributed by atoms with Crippen molar-refractivity contribution in [2.24, 2.45) is 0 Å². The molecule has 1 aromatic carbocycles. The minimum atomic E-state index is -0.347. The van der Waals surface area contributed by atoms with Gasteiger partial charge in [0, 0.05) is 5.56 Å². The molecule has 0 N–H and O–H groups in total. The molecule has 1 atom stereocenters. The standard InChI is InChI=1S/C11H13FO2/c1-7-4-10(13-3)8(5-9(7)12)11(2)6-14-11/h4-5H,6H2,1-3H3. The molecule has 0 bridgehead atoms. The van der Waals surface area contributed by atoms with Gasteiger partial charge in [-0.15, -0.1) is 0 Å². The van der Waals surface area contributed by atoms with Crippen LogP contribution in [-0.2, 0) is 10.3 Å². The molecule has 0 aliphatic carbocycles. The summed E-state index contributed by atoms with van der Waals surface area (Å²) < 4.78 is 23.8. The number of epoxide rings is 1. The highest BCUT2D eigenvalue weighted by Crippen LogP contribution is 2.43. The molecule has 1 unspecified atom stereocenters. The van der Waals surface area contributed by atoms with Gasteiger partial charge in [0.15, 0.2) is 0 Å². The van der Waals surface area contributed by atoms with Gasteiger partial charge in [-0.1, -0.05) is 0 Å². The van der Waals surface area contributed by atoms with Crippen LogP contribution in [0.2, 0.25) is 0 Å². The van der Waals surface area contributed by atoms with Crippen LogP contribution in [0.1, 0.15) is 18.1 Å². The molecule has 3 heteroatoms. The third-order valence-corrected chi connectivity index (χ3v) is 2.63. The summed E-state index contributed by atoms with van der Waals surface area (Å²) in [5, 5.41) is 0. The SMILES string of the molecule is COc1cc(C)c(F)cc1C1(C)CO1. The van der Waals surface area contributed by atoms with Crippen LogP contribution < -0.4 is 4.74 Å². The minimum absolute atomic E-state index is 0.211. The fourth-order valence-corrected chi connectivity index (χ4v) is 1.50. The molecule has 14 heavy (non-hydrogen) atoms. The number of benzene rings is 1. The summed E-state index contributed by atoms with van der Waals surface area (Å²) in [5.41, 5.74) is 1.04. The fraction of sp³-hybridized carbons (Fsp3) is 0.455. The number of aryl methyl sites for hydroxylation is 1. The van der Waals surface area contributed by atoms with Gasteiger partial charge < -0.3 is 9.47 Å². The Kier molecular flexibility index (Phi) is 2.00. The quantitative estimate of drug-likeness (QED) is 0.677. The van der Waals surface area contributed by atoms with Crippen molar-refractivity contribution in [3.63, 3.8) is 0 Å². The zero-order valence-electron chi connectivity index (χ0n) is 8.56. The average Bonchev–Trinajstić information content (AvgIpc) is 2.89. The zero-order valence-corrected chi connectivity index (χ0v) is 8.56. The summed E-state index contributed by atoms with van der Waals surface area (Å²) in [5.74, 6) is 0.487. The highest BCUT2D eigenvalue weighted by molar-refractivity contribution is 5.43. The Morgan fingerprint density at radius 2 is 2.14 bits per heavy atom. The molecule has 76 valence electrons. The largest absolute Gasteiger partial charge is 0.496 e. The Bertz CT molecular complexity index is 370. The second kappa shape index (κ2) is 2.95. The lowest BCUT2D eigenvalue weighted by atomic mass is 9.99. The molecule has 0 saturated carbocycles. The van der Waals surface area contributed by atoms with Gasteiger partial charge in [-0.05, 0) is 31.5 Å². The number of methoxy groups -OCH3 is 1. The maximum atomic E-state index is 13.3. The van der Waals surface area contributed by atoms with Gasteiger partial charge in [-0.25, -0.2) is 4.39 Å². The monoisotopic (exact) mass is 196 g/mol. The lowest BCUT2D eigenvalue weighted by molar-refractivity contribution is 0.315. The van der Waals surface area contributed by atoms with Crippen molar-refractivity contribution in [2.75, 3.05) is 13.7 Å². The Hall–Kier alpha value is -1.09. The van der Waals surface area contributed by atoms with E-state index >= 15 is 0 Å². The van der Waals surface area contributed by atoms with E-state index < -0.39 is 0 Å². The number of ether oxygens (including phenoxy) is 2. The van der Waals surface area contributed by atoms with E-state index in [1.54, 1.807) is 20.1 Å². The van der Waals surface area contributed by atoms with E-state index in [4.69, 9.17) is 9.47 Å². The normalized spacial score (nSPS) is 24.9. The number of rotatable bonds is 2. The molecule has 0 spiro atoms. The number of halogens is 1. The summed E-state index contributed by atoms with van der Waals surface area (Å²) in [6, 6.07) is 3.21. The third-order valence-electron chi connectivity index (χ3n) is 2.63. The van der Waals surface area contributed by atoms with Crippen LogP contribution in [-0.4, -0.2) is 13.7 Å². The first-order valence-electron chi connectivity index (χ1n) is 4.55. The molecular formula is C11H13FO2. The maximum Gasteiger partial charge on any atom is 0.126 e. The van der Waals surface area contributed by atoms with Gasteiger partial charge in [0.05, 0.1) is 13.7 Å². The Balaban J connectivity index is 2.52. The molecule has 1 aliphatic heterocycles. The van der Waals surface area contributed by atoms with Crippen LogP contribution in [0.5, 0.6) is 5.75 Å². The van der Waals surface area contributed by atoms with Crippen molar-refractivity contribution in [2.45, 2.75) is 19.4 Å². The number of hydrogen-bond donors (Lipinski definition) is 0. The van der Waals surface area contributed by atoms with Gasteiger partial charge in [0.25, 0.3) is 0 Å². The van der Waals surface area contributed by atoms with E-state index in [2.05, 4.69) is 0 Å².